The molecule has 5 heteroatoms. The molecule has 0 fully saturated rings. The number of anilines is 1. The molecule has 4 nitrogen and oxygen atoms in total. The Kier molecular flexibility index (Phi) is 5.20. The minimum Gasteiger partial charge on any atom is -0.385 e. The van der Waals surface area contributed by atoms with Crippen molar-refractivity contribution in [3.8, 4) is 0 Å². The molecule has 0 radical (unpaired) electrons. The molecule has 0 saturated carbocycles. The van der Waals surface area contributed by atoms with Crippen LogP contribution in [0.1, 0.15) is 34.7 Å². The Balaban J connectivity index is 2.02. The fourth-order valence-electron chi connectivity index (χ4n) is 2.36. The van der Waals surface area contributed by atoms with E-state index in [2.05, 4.69) is 41.7 Å². The number of nitrogens with zero attached hydrogens (tertiary/aromatic N) is 2. The molecule has 0 saturated heterocycles. The predicted molar refractivity (Wildman–Crippen MR) is 84.6 cm³/mol. The van der Waals surface area contributed by atoms with Crippen molar-refractivity contribution < 1.29 is 4.74 Å². The Labute approximate surface area is 124 Å². The van der Waals surface area contributed by atoms with Gasteiger partial charge in [-0.15, -0.1) is 11.3 Å². The van der Waals surface area contributed by atoms with Crippen LogP contribution in [-0.4, -0.2) is 23.3 Å². The number of methoxy groups -OCH3 is 1. The standard InChI is InChI=1S/C15H23N3OS/c1-11-10-14(13(3)20-11)12(2)17-15-16-6-8-18(15)7-5-9-19-4/h6,8,10,12H,5,7,9H2,1-4H3,(H,16,17). The van der Waals surface area contributed by atoms with Crippen LogP contribution in [0.3, 0.4) is 0 Å². The van der Waals surface area contributed by atoms with E-state index in [0.717, 1.165) is 25.5 Å². The van der Waals surface area contributed by atoms with Crippen molar-refractivity contribution in [2.75, 3.05) is 19.0 Å². The third-order valence-electron chi connectivity index (χ3n) is 3.35. The first kappa shape index (κ1) is 15.1. The average Bonchev–Trinajstić information content (AvgIpc) is 2.96. The van der Waals surface area contributed by atoms with Crippen molar-refractivity contribution in [2.24, 2.45) is 0 Å². The molecule has 2 aromatic rings. The van der Waals surface area contributed by atoms with Crippen LogP contribution in [0.4, 0.5) is 5.95 Å². The van der Waals surface area contributed by atoms with Crippen molar-refractivity contribution >= 4 is 17.3 Å². The summed E-state index contributed by atoms with van der Waals surface area (Å²) in [5.41, 5.74) is 1.36. The van der Waals surface area contributed by atoms with E-state index in [9.17, 15) is 0 Å². The highest BCUT2D eigenvalue weighted by Crippen LogP contribution is 2.28. The first-order valence-corrected chi connectivity index (χ1v) is 7.77. The third-order valence-corrected chi connectivity index (χ3v) is 4.34. The highest BCUT2D eigenvalue weighted by molar-refractivity contribution is 7.12. The van der Waals surface area contributed by atoms with Gasteiger partial charge in [0.2, 0.25) is 5.95 Å². The lowest BCUT2D eigenvalue weighted by molar-refractivity contribution is 0.190. The molecule has 0 amide bonds. The molecular weight excluding hydrogens is 270 g/mol. The van der Waals surface area contributed by atoms with Crippen LogP contribution in [-0.2, 0) is 11.3 Å². The zero-order valence-corrected chi connectivity index (χ0v) is 13.5. The maximum atomic E-state index is 5.10. The summed E-state index contributed by atoms with van der Waals surface area (Å²) in [6.07, 6.45) is 4.84. The minimum absolute atomic E-state index is 0.267. The van der Waals surface area contributed by atoms with Gasteiger partial charge in [0, 0.05) is 42.4 Å². The monoisotopic (exact) mass is 293 g/mol. The van der Waals surface area contributed by atoms with Gasteiger partial charge in [-0.3, -0.25) is 0 Å². The van der Waals surface area contributed by atoms with Gasteiger partial charge in [-0.2, -0.15) is 0 Å². The quantitative estimate of drug-likeness (QED) is 0.790. The molecule has 20 heavy (non-hydrogen) atoms. The summed E-state index contributed by atoms with van der Waals surface area (Å²) in [4.78, 5) is 7.14. The van der Waals surface area contributed by atoms with Crippen molar-refractivity contribution in [1.82, 2.24) is 9.55 Å². The molecule has 0 aromatic carbocycles. The first-order valence-electron chi connectivity index (χ1n) is 6.95. The van der Waals surface area contributed by atoms with E-state index < -0.39 is 0 Å². The smallest absolute Gasteiger partial charge is 0.203 e. The lowest BCUT2D eigenvalue weighted by atomic mass is 10.1. The van der Waals surface area contributed by atoms with E-state index in [1.807, 2.05) is 23.7 Å². The molecule has 110 valence electrons. The molecule has 1 N–H and O–H groups in total. The third kappa shape index (κ3) is 3.61. The van der Waals surface area contributed by atoms with Crippen molar-refractivity contribution in [2.45, 2.75) is 39.8 Å². The average molecular weight is 293 g/mol. The van der Waals surface area contributed by atoms with E-state index >= 15 is 0 Å². The molecular formula is C15H23N3OS. The molecule has 1 unspecified atom stereocenters. The molecule has 0 aliphatic heterocycles. The Morgan fingerprint density at radius 2 is 2.25 bits per heavy atom. The number of aryl methyl sites for hydroxylation is 3. The minimum atomic E-state index is 0.267. The van der Waals surface area contributed by atoms with E-state index in [1.54, 1.807) is 7.11 Å². The Morgan fingerprint density at radius 3 is 2.90 bits per heavy atom. The van der Waals surface area contributed by atoms with E-state index in [0.29, 0.717) is 0 Å². The van der Waals surface area contributed by atoms with Gasteiger partial charge in [0.05, 0.1) is 6.04 Å². The van der Waals surface area contributed by atoms with Gasteiger partial charge in [-0.25, -0.2) is 4.98 Å². The summed E-state index contributed by atoms with van der Waals surface area (Å²) in [7, 11) is 1.73. The largest absolute Gasteiger partial charge is 0.385 e. The molecule has 1 atom stereocenters. The molecule has 2 rings (SSSR count). The Hall–Kier alpha value is -1.33. The summed E-state index contributed by atoms with van der Waals surface area (Å²) in [6, 6.07) is 2.53. The van der Waals surface area contributed by atoms with Crippen LogP contribution in [0, 0.1) is 13.8 Å². The summed E-state index contributed by atoms with van der Waals surface area (Å²) in [5, 5.41) is 3.51. The molecule has 0 aliphatic rings. The van der Waals surface area contributed by atoms with Gasteiger partial charge in [-0.05, 0) is 38.8 Å². The van der Waals surface area contributed by atoms with Gasteiger partial charge >= 0.3 is 0 Å². The summed E-state index contributed by atoms with van der Waals surface area (Å²) in [5.74, 6) is 0.928. The van der Waals surface area contributed by atoms with Gasteiger partial charge in [0.25, 0.3) is 0 Å². The zero-order valence-electron chi connectivity index (χ0n) is 12.6. The van der Waals surface area contributed by atoms with Crippen LogP contribution >= 0.6 is 11.3 Å². The topological polar surface area (TPSA) is 39.1 Å². The highest BCUT2D eigenvalue weighted by atomic mass is 32.1. The van der Waals surface area contributed by atoms with Gasteiger partial charge in [0.1, 0.15) is 0 Å². The lowest BCUT2D eigenvalue weighted by Gasteiger charge is -2.16. The molecule has 0 aliphatic carbocycles. The van der Waals surface area contributed by atoms with E-state index in [1.165, 1.54) is 15.3 Å². The number of imidazole rings is 1. The van der Waals surface area contributed by atoms with Crippen LogP contribution < -0.4 is 5.32 Å². The van der Waals surface area contributed by atoms with E-state index in [4.69, 9.17) is 4.74 Å². The fourth-order valence-corrected chi connectivity index (χ4v) is 3.38. The van der Waals surface area contributed by atoms with Crippen LogP contribution in [0.25, 0.3) is 0 Å². The van der Waals surface area contributed by atoms with Gasteiger partial charge in [0.15, 0.2) is 0 Å². The maximum Gasteiger partial charge on any atom is 0.203 e. The lowest BCUT2D eigenvalue weighted by Crippen LogP contribution is -2.12. The van der Waals surface area contributed by atoms with E-state index in [-0.39, 0.29) is 6.04 Å². The number of thiophene rings is 1. The number of hydrogen-bond donors (Lipinski definition) is 1. The second-order valence-corrected chi connectivity index (χ2v) is 6.49. The number of nitrogens with one attached hydrogen (secondary N) is 1. The Bertz CT molecular complexity index is 547. The summed E-state index contributed by atoms with van der Waals surface area (Å²) < 4.78 is 7.24. The van der Waals surface area contributed by atoms with Crippen LogP contribution in [0.5, 0.6) is 0 Å². The second-order valence-electron chi connectivity index (χ2n) is 5.03. The van der Waals surface area contributed by atoms with Crippen LogP contribution in [0.2, 0.25) is 0 Å². The summed E-state index contributed by atoms with van der Waals surface area (Å²) in [6.45, 7) is 8.21. The number of hydrogen-bond acceptors (Lipinski definition) is 4. The fraction of sp³-hybridized carbons (Fsp3) is 0.533. The van der Waals surface area contributed by atoms with Crippen molar-refractivity contribution in [3.63, 3.8) is 0 Å². The van der Waals surface area contributed by atoms with Crippen LogP contribution in [0.15, 0.2) is 18.5 Å². The molecule has 2 heterocycles. The number of rotatable bonds is 7. The molecule has 2 aromatic heterocycles. The summed E-state index contributed by atoms with van der Waals surface area (Å²) >= 11 is 1.85. The second kappa shape index (κ2) is 6.90. The normalized spacial score (nSPS) is 12.6. The highest BCUT2D eigenvalue weighted by Gasteiger charge is 2.13. The first-order chi connectivity index (χ1) is 9.61. The zero-order chi connectivity index (χ0) is 14.5. The van der Waals surface area contributed by atoms with Crippen molar-refractivity contribution in [1.29, 1.82) is 0 Å². The van der Waals surface area contributed by atoms with Crippen molar-refractivity contribution in [3.05, 3.63) is 33.8 Å². The van der Waals surface area contributed by atoms with Gasteiger partial charge in [-0.1, -0.05) is 0 Å². The Morgan fingerprint density at radius 1 is 1.45 bits per heavy atom. The predicted octanol–water partition coefficient (Wildman–Crippen LogP) is 3.77. The SMILES string of the molecule is COCCCn1ccnc1NC(C)c1cc(C)sc1C. The molecule has 0 spiro atoms. The van der Waals surface area contributed by atoms with Gasteiger partial charge < -0.3 is 14.6 Å². The number of aromatic nitrogens is 2. The molecule has 0 bridgehead atoms. The maximum absolute atomic E-state index is 5.10. The number of ether oxygens (including phenoxy) is 1.